The normalized spacial score (nSPS) is 11.4. The Morgan fingerprint density at radius 3 is 2.68 bits per heavy atom. The molecular weight excluding hydrogens is 404 g/mol. The summed E-state index contributed by atoms with van der Waals surface area (Å²) >= 11 is 5.17. The van der Waals surface area contributed by atoms with Gasteiger partial charge in [0.1, 0.15) is 0 Å². The molecule has 25 heavy (non-hydrogen) atoms. The van der Waals surface area contributed by atoms with Crippen LogP contribution in [-0.4, -0.2) is 44.2 Å². The van der Waals surface area contributed by atoms with Crippen LogP contribution in [0, 0.1) is 6.92 Å². The molecule has 0 saturated heterocycles. The van der Waals surface area contributed by atoms with Crippen molar-refractivity contribution in [2.75, 3.05) is 28.3 Å². The molecule has 136 valence electrons. The van der Waals surface area contributed by atoms with Crippen LogP contribution in [-0.2, 0) is 13.1 Å². The number of nitrogens with one attached hydrogen (secondary N) is 1. The van der Waals surface area contributed by atoms with Crippen molar-refractivity contribution >= 4 is 33.2 Å². The third-order valence-electron chi connectivity index (χ3n) is 3.58. The maximum absolute atomic E-state index is 5.39. The van der Waals surface area contributed by atoms with Gasteiger partial charge in [0, 0.05) is 26.0 Å². The molecule has 0 spiro atoms. The quantitative estimate of drug-likeness (QED) is 0.566. The molecule has 1 heterocycles. The lowest BCUT2D eigenvalue weighted by molar-refractivity contribution is 0.352. The Hall–Kier alpha value is -1.80. The molecule has 1 aromatic carbocycles. The molecule has 0 unspecified atom stereocenters. The summed E-state index contributed by atoms with van der Waals surface area (Å²) in [6.45, 7) is 3.34. The van der Waals surface area contributed by atoms with Crippen LogP contribution in [0.3, 0.4) is 0 Å². The topological polar surface area (TPSA) is 59.0 Å². The average molecular weight is 427 g/mol. The molecule has 0 atom stereocenters. The standard InChI is InChI=1S/C17H23BrN4O2S/c1-11-21-13(10-25-11)9-22(3)17(19-2)20-8-12-6-14(18)16(24-5)15(7-12)23-4/h6-7,10H,8-9H2,1-5H3,(H,19,20). The van der Waals surface area contributed by atoms with Crippen molar-refractivity contribution in [1.82, 2.24) is 15.2 Å². The van der Waals surface area contributed by atoms with Crippen molar-refractivity contribution in [3.8, 4) is 11.5 Å². The van der Waals surface area contributed by atoms with Gasteiger partial charge in [-0.05, 0) is 40.5 Å². The summed E-state index contributed by atoms with van der Waals surface area (Å²) in [7, 11) is 7.02. The van der Waals surface area contributed by atoms with E-state index in [0.717, 1.165) is 26.7 Å². The molecular formula is C17H23BrN4O2S. The number of hydrogen-bond donors (Lipinski definition) is 1. The van der Waals surface area contributed by atoms with Gasteiger partial charge in [0.15, 0.2) is 17.5 Å². The van der Waals surface area contributed by atoms with Crippen LogP contribution in [0.4, 0.5) is 0 Å². The van der Waals surface area contributed by atoms with E-state index < -0.39 is 0 Å². The summed E-state index contributed by atoms with van der Waals surface area (Å²) in [6, 6.07) is 3.96. The van der Waals surface area contributed by atoms with Crippen molar-refractivity contribution in [3.05, 3.63) is 38.3 Å². The number of hydrogen-bond acceptors (Lipinski definition) is 5. The molecule has 0 amide bonds. The van der Waals surface area contributed by atoms with Gasteiger partial charge in [-0.25, -0.2) is 4.98 Å². The molecule has 0 bridgehead atoms. The summed E-state index contributed by atoms with van der Waals surface area (Å²) in [4.78, 5) is 10.9. The number of methoxy groups -OCH3 is 2. The highest BCUT2D eigenvalue weighted by Gasteiger charge is 2.12. The van der Waals surface area contributed by atoms with E-state index in [4.69, 9.17) is 9.47 Å². The Bertz CT molecular complexity index is 748. The van der Waals surface area contributed by atoms with Crippen molar-refractivity contribution in [2.45, 2.75) is 20.0 Å². The number of aromatic nitrogens is 1. The molecule has 2 aromatic rings. The van der Waals surface area contributed by atoms with Gasteiger partial charge in [0.05, 0.1) is 35.9 Å². The Balaban J connectivity index is 2.04. The molecule has 2 rings (SSSR count). The van der Waals surface area contributed by atoms with Crippen LogP contribution in [0.1, 0.15) is 16.3 Å². The highest BCUT2D eigenvalue weighted by Crippen LogP contribution is 2.36. The fourth-order valence-corrected chi connectivity index (χ4v) is 3.69. The fraction of sp³-hybridized carbons (Fsp3) is 0.412. The molecule has 1 aromatic heterocycles. The van der Waals surface area contributed by atoms with Crippen molar-refractivity contribution in [2.24, 2.45) is 4.99 Å². The van der Waals surface area contributed by atoms with Gasteiger partial charge in [-0.15, -0.1) is 11.3 Å². The number of thiazole rings is 1. The second kappa shape index (κ2) is 9.05. The summed E-state index contributed by atoms with van der Waals surface area (Å²) in [5, 5.41) is 6.51. The molecule has 0 aliphatic carbocycles. The number of guanidine groups is 1. The number of benzene rings is 1. The summed E-state index contributed by atoms with van der Waals surface area (Å²) < 4.78 is 11.6. The van der Waals surface area contributed by atoms with Gasteiger partial charge >= 0.3 is 0 Å². The summed E-state index contributed by atoms with van der Waals surface area (Å²) in [6.07, 6.45) is 0. The van der Waals surface area contributed by atoms with Gasteiger partial charge in [-0.1, -0.05) is 0 Å². The van der Waals surface area contributed by atoms with Crippen LogP contribution in [0.5, 0.6) is 11.5 Å². The lowest BCUT2D eigenvalue weighted by atomic mass is 10.2. The van der Waals surface area contributed by atoms with E-state index >= 15 is 0 Å². The first-order valence-electron chi connectivity index (χ1n) is 7.71. The van der Waals surface area contributed by atoms with E-state index in [-0.39, 0.29) is 0 Å². The minimum Gasteiger partial charge on any atom is -0.493 e. The largest absolute Gasteiger partial charge is 0.493 e. The first-order chi connectivity index (χ1) is 12.0. The van der Waals surface area contributed by atoms with Crippen molar-refractivity contribution in [3.63, 3.8) is 0 Å². The van der Waals surface area contributed by atoms with E-state index in [1.54, 1.807) is 32.6 Å². The maximum atomic E-state index is 5.39. The van der Waals surface area contributed by atoms with E-state index in [1.807, 2.05) is 31.0 Å². The lowest BCUT2D eigenvalue weighted by Crippen LogP contribution is -2.38. The molecule has 0 radical (unpaired) electrons. The van der Waals surface area contributed by atoms with Gasteiger partial charge in [0.25, 0.3) is 0 Å². The number of aryl methyl sites for hydroxylation is 1. The van der Waals surface area contributed by atoms with E-state index in [0.29, 0.717) is 24.6 Å². The van der Waals surface area contributed by atoms with Crippen molar-refractivity contribution < 1.29 is 9.47 Å². The summed E-state index contributed by atoms with van der Waals surface area (Å²) in [5.74, 6) is 2.18. The monoisotopic (exact) mass is 426 g/mol. The Kier molecular flexibility index (Phi) is 7.07. The highest BCUT2D eigenvalue weighted by atomic mass is 79.9. The fourth-order valence-electron chi connectivity index (χ4n) is 2.44. The van der Waals surface area contributed by atoms with E-state index in [1.165, 1.54) is 0 Å². The second-order valence-corrected chi connectivity index (χ2v) is 7.34. The van der Waals surface area contributed by atoms with Gasteiger partial charge in [-0.2, -0.15) is 0 Å². The number of ether oxygens (including phenoxy) is 2. The zero-order valence-electron chi connectivity index (χ0n) is 15.1. The first-order valence-corrected chi connectivity index (χ1v) is 9.39. The van der Waals surface area contributed by atoms with Crippen LogP contribution in [0.15, 0.2) is 27.0 Å². The number of rotatable bonds is 6. The van der Waals surface area contributed by atoms with Gasteiger partial charge in [-0.3, -0.25) is 4.99 Å². The van der Waals surface area contributed by atoms with Gasteiger partial charge in [0.2, 0.25) is 0 Å². The Morgan fingerprint density at radius 1 is 1.36 bits per heavy atom. The molecule has 0 aliphatic heterocycles. The molecule has 0 saturated carbocycles. The van der Waals surface area contributed by atoms with Crippen LogP contribution >= 0.6 is 27.3 Å². The molecule has 0 fully saturated rings. The van der Waals surface area contributed by atoms with E-state index in [2.05, 4.69) is 36.6 Å². The zero-order chi connectivity index (χ0) is 18.4. The van der Waals surface area contributed by atoms with Crippen LogP contribution < -0.4 is 14.8 Å². The minimum absolute atomic E-state index is 0.617. The second-order valence-electron chi connectivity index (χ2n) is 5.43. The van der Waals surface area contributed by atoms with Crippen LogP contribution in [0.2, 0.25) is 0 Å². The van der Waals surface area contributed by atoms with Gasteiger partial charge < -0.3 is 19.7 Å². The number of halogens is 1. The molecule has 6 nitrogen and oxygen atoms in total. The average Bonchev–Trinajstić information content (AvgIpc) is 2.99. The number of aliphatic imine (C=N–C) groups is 1. The summed E-state index contributed by atoms with van der Waals surface area (Å²) in [5.41, 5.74) is 2.10. The third-order valence-corrected chi connectivity index (χ3v) is 4.99. The first kappa shape index (κ1) is 19.5. The predicted molar refractivity (Wildman–Crippen MR) is 106 cm³/mol. The number of nitrogens with zero attached hydrogens (tertiary/aromatic N) is 3. The Labute approximate surface area is 161 Å². The van der Waals surface area contributed by atoms with E-state index in [9.17, 15) is 0 Å². The van der Waals surface area contributed by atoms with Crippen LogP contribution in [0.25, 0.3) is 0 Å². The minimum atomic E-state index is 0.617. The lowest BCUT2D eigenvalue weighted by Gasteiger charge is -2.21. The zero-order valence-corrected chi connectivity index (χ0v) is 17.5. The predicted octanol–water partition coefficient (Wildman–Crippen LogP) is 3.44. The molecule has 8 heteroatoms. The molecule has 0 aliphatic rings. The Morgan fingerprint density at radius 2 is 2.12 bits per heavy atom. The highest BCUT2D eigenvalue weighted by molar-refractivity contribution is 9.10. The maximum Gasteiger partial charge on any atom is 0.194 e. The molecule has 1 N–H and O–H groups in total. The smallest absolute Gasteiger partial charge is 0.194 e. The third kappa shape index (κ3) is 5.09. The SMILES string of the molecule is CN=C(NCc1cc(Br)c(OC)c(OC)c1)N(C)Cc1csc(C)n1. The van der Waals surface area contributed by atoms with Crippen molar-refractivity contribution in [1.29, 1.82) is 0 Å².